The fourth-order valence-corrected chi connectivity index (χ4v) is 5.07. The fourth-order valence-electron chi connectivity index (χ4n) is 3.11. The molecule has 3 aromatic heterocycles. The van der Waals surface area contributed by atoms with Crippen molar-refractivity contribution in [3.63, 3.8) is 0 Å². The van der Waals surface area contributed by atoms with Crippen LogP contribution in [0.2, 0.25) is 4.34 Å². The maximum absolute atomic E-state index is 13.0. The molecule has 162 valence electrons. The second kappa shape index (κ2) is 10.6. The fraction of sp³-hybridized carbons (Fsp3) is 0.130. The Labute approximate surface area is 199 Å². The number of rotatable bonds is 9. The van der Waals surface area contributed by atoms with Gasteiger partial charge in [-0.05, 0) is 36.4 Å². The maximum atomic E-state index is 13.0. The minimum absolute atomic E-state index is 0.00929. The lowest BCUT2D eigenvalue weighted by Gasteiger charge is -2.20. The molecule has 0 radical (unpaired) electrons. The van der Waals surface area contributed by atoms with Gasteiger partial charge in [-0.1, -0.05) is 47.6 Å². The van der Waals surface area contributed by atoms with E-state index in [1.165, 1.54) is 23.1 Å². The molecule has 0 aliphatic heterocycles. The van der Waals surface area contributed by atoms with E-state index >= 15 is 0 Å². The first-order valence-electron chi connectivity index (χ1n) is 9.82. The Morgan fingerprint density at radius 1 is 1.16 bits per heavy atom. The monoisotopic (exact) mass is 481 g/mol. The van der Waals surface area contributed by atoms with E-state index < -0.39 is 0 Å². The van der Waals surface area contributed by atoms with Crippen molar-refractivity contribution in [2.24, 2.45) is 0 Å². The lowest BCUT2D eigenvalue weighted by Crippen LogP contribution is -2.31. The molecule has 4 rings (SSSR count). The van der Waals surface area contributed by atoms with Crippen LogP contribution in [0.15, 0.2) is 84.8 Å². The number of hydrogen-bond donors (Lipinski definition) is 0. The standard InChI is InChI=1S/C23H20ClN5OS2/c1-2-13-28(15-19-10-11-20(24)32-19)21(30)16-31-23-27-26-22(17-7-6-12-25-14-17)29(23)18-8-4-3-5-9-18/h2-12,14H,1,13,15-16H2. The number of amides is 1. The van der Waals surface area contributed by atoms with Crippen LogP contribution in [-0.2, 0) is 11.3 Å². The van der Waals surface area contributed by atoms with Crippen LogP contribution < -0.4 is 0 Å². The minimum Gasteiger partial charge on any atom is -0.333 e. The highest BCUT2D eigenvalue weighted by atomic mass is 35.5. The van der Waals surface area contributed by atoms with Gasteiger partial charge < -0.3 is 4.90 Å². The molecule has 0 bridgehead atoms. The molecule has 1 aromatic carbocycles. The van der Waals surface area contributed by atoms with E-state index in [9.17, 15) is 4.79 Å². The molecular weight excluding hydrogens is 462 g/mol. The van der Waals surface area contributed by atoms with Gasteiger partial charge in [0.25, 0.3) is 0 Å². The summed E-state index contributed by atoms with van der Waals surface area (Å²) >= 11 is 8.87. The number of pyridine rings is 1. The molecule has 0 saturated carbocycles. The zero-order valence-corrected chi connectivity index (χ0v) is 19.5. The predicted octanol–water partition coefficient (Wildman–Crippen LogP) is 5.35. The maximum Gasteiger partial charge on any atom is 0.233 e. The van der Waals surface area contributed by atoms with Crippen molar-refractivity contribution in [3.05, 3.63) is 88.9 Å². The molecule has 32 heavy (non-hydrogen) atoms. The molecule has 0 fully saturated rings. The van der Waals surface area contributed by atoms with Gasteiger partial charge in [0.1, 0.15) is 0 Å². The first-order chi connectivity index (χ1) is 15.7. The predicted molar refractivity (Wildman–Crippen MR) is 130 cm³/mol. The van der Waals surface area contributed by atoms with E-state index in [0.717, 1.165) is 16.1 Å². The van der Waals surface area contributed by atoms with Crippen LogP contribution in [0.5, 0.6) is 0 Å². The molecular formula is C23H20ClN5OS2. The summed E-state index contributed by atoms with van der Waals surface area (Å²) in [5.74, 6) is 0.894. The van der Waals surface area contributed by atoms with Gasteiger partial charge in [-0.2, -0.15) is 0 Å². The SMILES string of the molecule is C=CCN(Cc1ccc(Cl)s1)C(=O)CSc1nnc(-c2cccnc2)n1-c1ccccc1. The van der Waals surface area contributed by atoms with Crippen LogP contribution in [0.3, 0.4) is 0 Å². The van der Waals surface area contributed by atoms with Gasteiger partial charge in [-0.3, -0.25) is 14.3 Å². The molecule has 0 aliphatic rings. The Kier molecular flexibility index (Phi) is 7.36. The summed E-state index contributed by atoms with van der Waals surface area (Å²) in [5.41, 5.74) is 1.77. The Balaban J connectivity index is 1.56. The highest BCUT2D eigenvalue weighted by Gasteiger charge is 2.19. The lowest BCUT2D eigenvalue weighted by molar-refractivity contribution is -0.128. The average Bonchev–Trinajstić information content (AvgIpc) is 3.44. The molecule has 4 aromatic rings. The second-order valence-corrected chi connectivity index (χ2v) is 9.52. The van der Waals surface area contributed by atoms with Crippen molar-refractivity contribution >= 4 is 40.6 Å². The van der Waals surface area contributed by atoms with Crippen LogP contribution in [-0.4, -0.2) is 42.9 Å². The Morgan fingerprint density at radius 2 is 2.00 bits per heavy atom. The van der Waals surface area contributed by atoms with Gasteiger partial charge >= 0.3 is 0 Å². The quantitative estimate of drug-likeness (QED) is 0.238. The molecule has 0 spiro atoms. The highest BCUT2D eigenvalue weighted by Crippen LogP contribution is 2.28. The van der Waals surface area contributed by atoms with E-state index in [-0.39, 0.29) is 11.7 Å². The Hall–Kier alpha value is -2.94. The minimum atomic E-state index is -0.00929. The zero-order chi connectivity index (χ0) is 22.3. The molecule has 0 unspecified atom stereocenters. The van der Waals surface area contributed by atoms with Crippen molar-refractivity contribution in [3.8, 4) is 17.1 Å². The van der Waals surface area contributed by atoms with E-state index in [0.29, 0.717) is 28.4 Å². The van der Waals surface area contributed by atoms with Crippen molar-refractivity contribution in [1.29, 1.82) is 0 Å². The van der Waals surface area contributed by atoms with Gasteiger partial charge in [-0.25, -0.2) is 0 Å². The van der Waals surface area contributed by atoms with Crippen molar-refractivity contribution < 1.29 is 4.79 Å². The largest absolute Gasteiger partial charge is 0.333 e. The molecule has 0 aliphatic carbocycles. The summed E-state index contributed by atoms with van der Waals surface area (Å²) in [5, 5.41) is 9.41. The number of hydrogen-bond acceptors (Lipinski definition) is 6. The Morgan fingerprint density at radius 3 is 2.69 bits per heavy atom. The smallest absolute Gasteiger partial charge is 0.233 e. The van der Waals surface area contributed by atoms with Gasteiger partial charge in [0.2, 0.25) is 5.91 Å². The summed E-state index contributed by atoms with van der Waals surface area (Å²) < 4.78 is 2.66. The third-order valence-corrected chi connectivity index (χ3v) is 6.70. The molecule has 0 saturated heterocycles. The van der Waals surface area contributed by atoms with E-state index in [4.69, 9.17) is 11.6 Å². The van der Waals surface area contributed by atoms with Crippen LogP contribution in [0, 0.1) is 0 Å². The van der Waals surface area contributed by atoms with Crippen molar-refractivity contribution in [2.45, 2.75) is 11.7 Å². The molecule has 9 heteroatoms. The number of thioether (sulfide) groups is 1. The number of para-hydroxylation sites is 1. The number of thiophene rings is 1. The number of halogens is 1. The second-order valence-electron chi connectivity index (χ2n) is 6.78. The molecule has 1 amide bonds. The van der Waals surface area contributed by atoms with Crippen LogP contribution in [0.4, 0.5) is 0 Å². The molecule has 6 nitrogen and oxygen atoms in total. The molecule has 3 heterocycles. The summed E-state index contributed by atoms with van der Waals surface area (Å²) in [6.07, 6.45) is 5.20. The summed E-state index contributed by atoms with van der Waals surface area (Å²) in [7, 11) is 0. The zero-order valence-electron chi connectivity index (χ0n) is 17.1. The van der Waals surface area contributed by atoms with Crippen LogP contribution in [0.1, 0.15) is 4.88 Å². The van der Waals surface area contributed by atoms with Gasteiger partial charge in [0.05, 0.1) is 16.6 Å². The Bertz CT molecular complexity index is 1190. The highest BCUT2D eigenvalue weighted by molar-refractivity contribution is 7.99. The van der Waals surface area contributed by atoms with Gasteiger partial charge in [0, 0.05) is 35.1 Å². The lowest BCUT2D eigenvalue weighted by atomic mass is 10.2. The van der Waals surface area contributed by atoms with Crippen LogP contribution >= 0.6 is 34.7 Å². The average molecular weight is 482 g/mol. The normalized spacial score (nSPS) is 10.8. The topological polar surface area (TPSA) is 63.9 Å². The number of nitrogens with zero attached hydrogens (tertiary/aromatic N) is 5. The van der Waals surface area contributed by atoms with E-state index in [1.807, 2.05) is 59.2 Å². The molecule has 0 N–H and O–H groups in total. The van der Waals surface area contributed by atoms with Crippen LogP contribution in [0.25, 0.3) is 17.1 Å². The first kappa shape index (κ1) is 22.3. The summed E-state index contributed by atoms with van der Waals surface area (Å²) in [4.78, 5) is 20.0. The number of benzene rings is 1. The molecule has 0 atom stereocenters. The summed E-state index contributed by atoms with van der Waals surface area (Å²) in [6, 6.07) is 17.4. The first-order valence-corrected chi connectivity index (χ1v) is 12.0. The third-order valence-electron chi connectivity index (χ3n) is 4.57. The number of aromatic nitrogens is 4. The van der Waals surface area contributed by atoms with Gasteiger partial charge in [-0.15, -0.1) is 28.1 Å². The number of carbonyl (C=O) groups is 1. The van der Waals surface area contributed by atoms with Crippen molar-refractivity contribution in [2.75, 3.05) is 12.3 Å². The van der Waals surface area contributed by atoms with Gasteiger partial charge in [0.15, 0.2) is 11.0 Å². The van der Waals surface area contributed by atoms with E-state index in [2.05, 4.69) is 21.8 Å². The summed E-state index contributed by atoms with van der Waals surface area (Å²) in [6.45, 7) is 4.74. The third kappa shape index (κ3) is 5.27. The van der Waals surface area contributed by atoms with E-state index in [1.54, 1.807) is 23.4 Å². The van der Waals surface area contributed by atoms with Crippen molar-refractivity contribution in [1.82, 2.24) is 24.6 Å². The number of carbonyl (C=O) groups excluding carboxylic acids is 1.